The second-order valence-electron chi connectivity index (χ2n) is 3.28. The predicted octanol–water partition coefficient (Wildman–Crippen LogP) is 1.51. The zero-order chi connectivity index (χ0) is 9.24. The maximum absolute atomic E-state index is 10.8. The molecule has 0 aromatic heterocycles. The Balaban J connectivity index is 2.68. The molecule has 0 N–H and O–H groups in total. The number of halogens is 1. The Morgan fingerprint density at radius 1 is 1.42 bits per heavy atom. The van der Waals surface area contributed by atoms with Gasteiger partial charge in [-0.2, -0.15) is 0 Å². The average molecular weight is 213 g/mol. The summed E-state index contributed by atoms with van der Waals surface area (Å²) < 4.78 is 26.9. The predicted molar refractivity (Wildman–Crippen MR) is 47.8 cm³/mol. The van der Waals surface area contributed by atoms with Gasteiger partial charge in [-0.15, -0.1) is 0 Å². The van der Waals surface area contributed by atoms with Crippen molar-refractivity contribution in [3.05, 3.63) is 0 Å². The van der Waals surface area contributed by atoms with Gasteiger partial charge in [0.25, 0.3) is 0 Å². The second-order valence-corrected chi connectivity index (χ2v) is 6.05. The molecule has 0 radical (unpaired) electrons. The lowest BCUT2D eigenvalue weighted by atomic mass is 10.1. The van der Waals surface area contributed by atoms with Crippen LogP contribution in [0.15, 0.2) is 0 Å². The van der Waals surface area contributed by atoms with Crippen LogP contribution in [0, 0.1) is 0 Å². The minimum Gasteiger partial charge on any atom is -0.377 e. The van der Waals surface area contributed by atoms with Gasteiger partial charge in [-0.25, -0.2) is 8.42 Å². The highest BCUT2D eigenvalue weighted by molar-refractivity contribution is 8.13. The molecule has 0 heterocycles. The first-order chi connectivity index (χ1) is 5.47. The molecule has 1 rings (SSSR count). The highest BCUT2D eigenvalue weighted by Crippen LogP contribution is 2.34. The van der Waals surface area contributed by atoms with Gasteiger partial charge in [-0.3, -0.25) is 0 Å². The van der Waals surface area contributed by atoms with Gasteiger partial charge >= 0.3 is 0 Å². The summed E-state index contributed by atoms with van der Waals surface area (Å²) in [6.45, 7) is 0. The highest BCUT2D eigenvalue weighted by Gasteiger charge is 2.37. The van der Waals surface area contributed by atoms with E-state index in [9.17, 15) is 8.42 Å². The summed E-state index contributed by atoms with van der Waals surface area (Å²) in [5.41, 5.74) is -0.499. The van der Waals surface area contributed by atoms with Crippen molar-refractivity contribution in [1.82, 2.24) is 0 Å². The normalized spacial score (nSPS) is 22.8. The van der Waals surface area contributed by atoms with E-state index in [1.165, 1.54) is 0 Å². The molecule has 0 amide bonds. The third kappa shape index (κ3) is 2.61. The largest absolute Gasteiger partial charge is 0.377 e. The van der Waals surface area contributed by atoms with Crippen LogP contribution in [-0.4, -0.2) is 26.9 Å². The molecule has 5 heteroatoms. The first-order valence-corrected chi connectivity index (χ1v) is 6.43. The van der Waals surface area contributed by atoms with Crippen LogP contribution in [0.25, 0.3) is 0 Å². The van der Waals surface area contributed by atoms with E-state index in [1.807, 2.05) is 0 Å². The van der Waals surface area contributed by atoms with Crippen molar-refractivity contribution in [2.24, 2.45) is 0 Å². The van der Waals surface area contributed by atoms with Crippen LogP contribution in [0.1, 0.15) is 25.7 Å². The second kappa shape index (κ2) is 3.52. The fraction of sp³-hybridized carbons (Fsp3) is 1.00. The minimum atomic E-state index is -3.43. The Morgan fingerprint density at radius 3 is 2.25 bits per heavy atom. The lowest BCUT2D eigenvalue weighted by Crippen LogP contribution is -2.34. The summed E-state index contributed by atoms with van der Waals surface area (Å²) in [6.07, 6.45) is 3.66. The molecule has 12 heavy (non-hydrogen) atoms. The smallest absolute Gasteiger partial charge is 0.235 e. The molecular formula is C7H13ClO3S. The van der Waals surface area contributed by atoms with Crippen LogP contribution < -0.4 is 0 Å². The quantitative estimate of drug-likeness (QED) is 0.667. The monoisotopic (exact) mass is 212 g/mol. The molecule has 0 bridgehead atoms. The van der Waals surface area contributed by atoms with Crippen molar-refractivity contribution in [1.29, 1.82) is 0 Å². The van der Waals surface area contributed by atoms with Gasteiger partial charge in [0.15, 0.2) is 0 Å². The van der Waals surface area contributed by atoms with E-state index in [4.69, 9.17) is 15.4 Å². The van der Waals surface area contributed by atoms with Gasteiger partial charge < -0.3 is 4.74 Å². The molecule has 1 fully saturated rings. The fourth-order valence-corrected chi connectivity index (χ4v) is 3.37. The molecule has 0 aliphatic heterocycles. The molecule has 72 valence electrons. The molecule has 1 aliphatic carbocycles. The number of hydrogen-bond donors (Lipinski definition) is 0. The third-order valence-electron chi connectivity index (χ3n) is 2.38. The van der Waals surface area contributed by atoms with Gasteiger partial charge in [-0.05, 0) is 12.8 Å². The summed E-state index contributed by atoms with van der Waals surface area (Å²) in [4.78, 5) is 0. The Bertz CT molecular complexity index is 241. The third-order valence-corrected chi connectivity index (χ3v) is 3.58. The van der Waals surface area contributed by atoms with Gasteiger partial charge in [-0.1, -0.05) is 12.8 Å². The number of rotatable bonds is 3. The van der Waals surface area contributed by atoms with E-state index >= 15 is 0 Å². The van der Waals surface area contributed by atoms with Crippen LogP contribution >= 0.6 is 10.7 Å². The molecule has 3 nitrogen and oxygen atoms in total. The van der Waals surface area contributed by atoms with Gasteiger partial charge in [0.05, 0.1) is 11.4 Å². The van der Waals surface area contributed by atoms with E-state index < -0.39 is 14.7 Å². The Labute approximate surface area is 77.5 Å². The van der Waals surface area contributed by atoms with Crippen LogP contribution in [0.2, 0.25) is 0 Å². The molecule has 0 aromatic carbocycles. The molecule has 1 aliphatic rings. The molecule has 0 saturated heterocycles. The SMILES string of the molecule is COC1(CS(=O)(=O)Cl)CCCC1. The molecule has 0 spiro atoms. The van der Waals surface area contributed by atoms with E-state index in [-0.39, 0.29) is 5.75 Å². The van der Waals surface area contributed by atoms with E-state index in [1.54, 1.807) is 7.11 Å². The van der Waals surface area contributed by atoms with Crippen molar-refractivity contribution in [3.63, 3.8) is 0 Å². The summed E-state index contributed by atoms with van der Waals surface area (Å²) >= 11 is 0. The van der Waals surface area contributed by atoms with E-state index in [0.29, 0.717) is 0 Å². The van der Waals surface area contributed by atoms with Crippen molar-refractivity contribution < 1.29 is 13.2 Å². The van der Waals surface area contributed by atoms with Gasteiger partial charge in [0, 0.05) is 17.8 Å². The molecular weight excluding hydrogens is 200 g/mol. The lowest BCUT2D eigenvalue weighted by Gasteiger charge is -2.25. The van der Waals surface area contributed by atoms with Crippen LogP contribution in [-0.2, 0) is 13.8 Å². The number of ether oxygens (including phenoxy) is 1. The highest BCUT2D eigenvalue weighted by atomic mass is 35.7. The Kier molecular flexibility index (Phi) is 3.01. The zero-order valence-electron chi connectivity index (χ0n) is 7.05. The average Bonchev–Trinajstić information content (AvgIpc) is 2.34. The maximum atomic E-state index is 10.8. The lowest BCUT2D eigenvalue weighted by molar-refractivity contribution is 0.0159. The first kappa shape index (κ1) is 10.3. The van der Waals surface area contributed by atoms with Crippen molar-refractivity contribution in [3.8, 4) is 0 Å². The van der Waals surface area contributed by atoms with Crippen molar-refractivity contribution >= 4 is 19.7 Å². The van der Waals surface area contributed by atoms with Crippen LogP contribution in [0.4, 0.5) is 0 Å². The van der Waals surface area contributed by atoms with Gasteiger partial charge in [0.1, 0.15) is 0 Å². The Hall–Kier alpha value is 0.200. The topological polar surface area (TPSA) is 43.4 Å². The van der Waals surface area contributed by atoms with E-state index in [2.05, 4.69) is 0 Å². The fourth-order valence-electron chi connectivity index (χ4n) is 1.74. The zero-order valence-corrected chi connectivity index (χ0v) is 8.62. The van der Waals surface area contributed by atoms with E-state index in [0.717, 1.165) is 25.7 Å². The summed E-state index contributed by atoms with van der Waals surface area (Å²) in [7, 11) is 3.29. The molecule has 0 atom stereocenters. The molecule has 0 unspecified atom stereocenters. The van der Waals surface area contributed by atoms with Gasteiger partial charge in [0.2, 0.25) is 9.05 Å². The van der Waals surface area contributed by atoms with Crippen molar-refractivity contribution in [2.45, 2.75) is 31.3 Å². The molecule has 0 aromatic rings. The number of methoxy groups -OCH3 is 1. The first-order valence-electron chi connectivity index (χ1n) is 3.95. The standard InChI is InChI=1S/C7H13ClO3S/c1-11-7(4-2-3-5-7)6-12(8,9)10/h2-6H2,1H3. The minimum absolute atomic E-state index is 0.0575. The Morgan fingerprint density at radius 2 is 1.92 bits per heavy atom. The number of hydrogen-bond acceptors (Lipinski definition) is 3. The summed E-state index contributed by atoms with van der Waals surface area (Å²) in [5.74, 6) is -0.0575. The summed E-state index contributed by atoms with van der Waals surface area (Å²) in [5, 5.41) is 0. The summed E-state index contributed by atoms with van der Waals surface area (Å²) in [6, 6.07) is 0. The van der Waals surface area contributed by atoms with Crippen molar-refractivity contribution in [2.75, 3.05) is 12.9 Å². The maximum Gasteiger partial charge on any atom is 0.235 e. The molecule has 1 saturated carbocycles. The van der Waals surface area contributed by atoms with Crippen LogP contribution in [0.3, 0.4) is 0 Å². The van der Waals surface area contributed by atoms with Crippen LogP contribution in [0.5, 0.6) is 0 Å².